The minimum atomic E-state index is -0.745. The molecule has 0 spiro atoms. The molecule has 0 aromatic heterocycles. The van der Waals surface area contributed by atoms with E-state index in [9.17, 15) is 14.7 Å². The number of rotatable bonds is 8. The van der Waals surface area contributed by atoms with Gasteiger partial charge in [-0.25, -0.2) is 4.79 Å². The van der Waals surface area contributed by atoms with Crippen molar-refractivity contribution in [2.45, 2.75) is 19.4 Å². The van der Waals surface area contributed by atoms with E-state index < -0.39 is 12.1 Å². The van der Waals surface area contributed by atoms with Gasteiger partial charge in [-0.15, -0.1) is 0 Å². The molecule has 4 N–H and O–H groups in total. The van der Waals surface area contributed by atoms with Crippen molar-refractivity contribution < 1.29 is 19.4 Å². The van der Waals surface area contributed by atoms with E-state index in [1.165, 1.54) is 0 Å². The Labute approximate surface area is 130 Å². The summed E-state index contributed by atoms with van der Waals surface area (Å²) in [6.45, 7) is 2.63. The van der Waals surface area contributed by atoms with E-state index >= 15 is 0 Å². The first-order valence-corrected chi connectivity index (χ1v) is 7.15. The minimum absolute atomic E-state index is 0.0966. The lowest BCUT2D eigenvalue weighted by atomic mass is 10.1. The zero-order chi connectivity index (χ0) is 16.4. The van der Waals surface area contributed by atoms with E-state index in [-0.39, 0.29) is 25.5 Å². The third kappa shape index (κ3) is 7.05. The number of likely N-dealkylation sites (N-methyl/N-ethyl adjacent to an activating group) is 1. The first-order valence-electron chi connectivity index (χ1n) is 7.15. The Morgan fingerprint density at radius 2 is 2.14 bits per heavy atom. The van der Waals surface area contributed by atoms with E-state index in [2.05, 4.69) is 16.0 Å². The summed E-state index contributed by atoms with van der Waals surface area (Å²) in [5.41, 5.74) is 1.38. The van der Waals surface area contributed by atoms with Crippen molar-refractivity contribution in [2.75, 3.05) is 32.1 Å². The number of carbonyl (C=O) groups is 2. The molecule has 0 aliphatic rings. The average Bonchev–Trinajstić information content (AvgIpc) is 2.51. The van der Waals surface area contributed by atoms with Crippen LogP contribution in [0, 0.1) is 0 Å². The number of benzene rings is 1. The molecule has 0 aliphatic carbocycles. The molecule has 122 valence electrons. The van der Waals surface area contributed by atoms with Crippen LogP contribution in [0.1, 0.15) is 12.5 Å². The third-order valence-electron chi connectivity index (χ3n) is 2.84. The second-order valence-electron chi connectivity index (χ2n) is 4.70. The van der Waals surface area contributed by atoms with Crippen molar-refractivity contribution in [1.29, 1.82) is 0 Å². The maximum atomic E-state index is 11.7. The van der Waals surface area contributed by atoms with Gasteiger partial charge in [-0.3, -0.25) is 4.79 Å². The fourth-order valence-electron chi connectivity index (χ4n) is 1.73. The number of amides is 3. The molecule has 0 aliphatic heterocycles. The van der Waals surface area contributed by atoms with Gasteiger partial charge in [0.1, 0.15) is 0 Å². The second kappa shape index (κ2) is 9.75. The lowest BCUT2D eigenvalue weighted by Gasteiger charge is -2.12. The van der Waals surface area contributed by atoms with Crippen LogP contribution in [0.25, 0.3) is 0 Å². The van der Waals surface area contributed by atoms with Crippen LogP contribution in [-0.2, 0) is 16.0 Å². The molecule has 1 rings (SSSR count). The molecule has 7 nitrogen and oxygen atoms in total. The Kier molecular flexibility index (Phi) is 7.95. The van der Waals surface area contributed by atoms with Crippen LogP contribution >= 0.6 is 0 Å². The van der Waals surface area contributed by atoms with Crippen molar-refractivity contribution in [1.82, 2.24) is 10.6 Å². The number of hydrogen-bond acceptors (Lipinski definition) is 4. The van der Waals surface area contributed by atoms with Crippen LogP contribution < -0.4 is 16.0 Å². The first kappa shape index (κ1) is 17.9. The van der Waals surface area contributed by atoms with Crippen LogP contribution in [0.5, 0.6) is 0 Å². The molecule has 0 radical (unpaired) electrons. The fourth-order valence-corrected chi connectivity index (χ4v) is 1.73. The average molecular weight is 309 g/mol. The zero-order valence-corrected chi connectivity index (χ0v) is 12.9. The third-order valence-corrected chi connectivity index (χ3v) is 2.84. The van der Waals surface area contributed by atoms with Crippen molar-refractivity contribution in [3.63, 3.8) is 0 Å². The van der Waals surface area contributed by atoms with Gasteiger partial charge in [0.25, 0.3) is 0 Å². The number of anilines is 1. The highest BCUT2D eigenvalue weighted by atomic mass is 16.5. The largest absolute Gasteiger partial charge is 0.389 e. The zero-order valence-electron chi connectivity index (χ0n) is 12.9. The molecule has 1 aromatic rings. The summed E-state index contributed by atoms with van der Waals surface area (Å²) < 4.78 is 5.05. The van der Waals surface area contributed by atoms with E-state index in [0.29, 0.717) is 12.3 Å². The second-order valence-corrected chi connectivity index (χ2v) is 4.70. The monoisotopic (exact) mass is 309 g/mol. The van der Waals surface area contributed by atoms with Crippen LogP contribution in [-0.4, -0.2) is 50.0 Å². The Morgan fingerprint density at radius 3 is 2.82 bits per heavy atom. The Bertz CT molecular complexity index is 493. The standard InChI is InChI=1S/C15H23N3O4/c1-3-22-10-13(19)9-17-15(21)18-12-6-4-5-11(7-12)8-14(20)16-2/h4-7,13,19H,3,8-10H2,1-2H3,(H,16,20)(H2,17,18,21). The number of aliphatic hydroxyl groups excluding tert-OH is 1. The first-order chi connectivity index (χ1) is 10.5. The molecule has 0 saturated heterocycles. The van der Waals surface area contributed by atoms with Crippen LogP contribution in [0.2, 0.25) is 0 Å². The summed E-state index contributed by atoms with van der Waals surface area (Å²) in [4.78, 5) is 23.1. The number of carbonyl (C=O) groups excluding carboxylic acids is 2. The summed E-state index contributed by atoms with van der Waals surface area (Å²) in [6.07, 6.45) is -0.494. The molecule has 0 fully saturated rings. The highest BCUT2D eigenvalue weighted by molar-refractivity contribution is 5.89. The topological polar surface area (TPSA) is 99.7 Å². The molecule has 0 saturated carbocycles. The van der Waals surface area contributed by atoms with Crippen molar-refractivity contribution in [2.24, 2.45) is 0 Å². The molecule has 22 heavy (non-hydrogen) atoms. The Balaban J connectivity index is 2.44. The predicted octanol–water partition coefficient (Wildman–Crippen LogP) is 0.494. The lowest BCUT2D eigenvalue weighted by Crippen LogP contribution is -2.37. The van der Waals surface area contributed by atoms with Crippen molar-refractivity contribution in [3.05, 3.63) is 29.8 Å². The fraction of sp³-hybridized carbons (Fsp3) is 0.467. The number of aliphatic hydroxyl groups is 1. The number of nitrogens with one attached hydrogen (secondary N) is 3. The van der Waals surface area contributed by atoms with E-state index in [1.54, 1.807) is 25.2 Å². The molecule has 7 heteroatoms. The van der Waals surface area contributed by atoms with Gasteiger partial charge in [0.15, 0.2) is 0 Å². The molecular weight excluding hydrogens is 286 g/mol. The molecule has 1 aromatic carbocycles. The van der Waals surface area contributed by atoms with Gasteiger partial charge in [0, 0.05) is 25.9 Å². The van der Waals surface area contributed by atoms with Gasteiger partial charge < -0.3 is 25.8 Å². The van der Waals surface area contributed by atoms with Gasteiger partial charge in [-0.1, -0.05) is 12.1 Å². The van der Waals surface area contributed by atoms with Crippen LogP contribution in [0.4, 0.5) is 10.5 Å². The highest BCUT2D eigenvalue weighted by Crippen LogP contribution is 2.11. The maximum absolute atomic E-state index is 11.7. The normalized spacial score (nSPS) is 11.6. The summed E-state index contributed by atoms with van der Waals surface area (Å²) >= 11 is 0. The van der Waals surface area contributed by atoms with Gasteiger partial charge >= 0.3 is 6.03 Å². The van der Waals surface area contributed by atoms with E-state index in [4.69, 9.17) is 4.74 Å². The number of urea groups is 1. The Hall–Kier alpha value is -2.12. The summed E-state index contributed by atoms with van der Waals surface area (Å²) in [7, 11) is 1.57. The minimum Gasteiger partial charge on any atom is -0.389 e. The molecule has 1 atom stereocenters. The highest BCUT2D eigenvalue weighted by Gasteiger charge is 2.08. The SMILES string of the molecule is CCOCC(O)CNC(=O)Nc1cccc(CC(=O)NC)c1. The van der Waals surface area contributed by atoms with E-state index in [1.807, 2.05) is 13.0 Å². The lowest BCUT2D eigenvalue weighted by molar-refractivity contribution is -0.119. The smallest absolute Gasteiger partial charge is 0.319 e. The molecule has 1 unspecified atom stereocenters. The van der Waals surface area contributed by atoms with Crippen molar-refractivity contribution >= 4 is 17.6 Å². The van der Waals surface area contributed by atoms with Crippen LogP contribution in [0.15, 0.2) is 24.3 Å². The van der Waals surface area contributed by atoms with Gasteiger partial charge in [0.2, 0.25) is 5.91 Å². The summed E-state index contributed by atoms with van der Waals surface area (Å²) in [5, 5.41) is 17.3. The summed E-state index contributed by atoms with van der Waals surface area (Å²) in [5.74, 6) is -0.0966. The van der Waals surface area contributed by atoms with Gasteiger partial charge in [-0.05, 0) is 24.6 Å². The Morgan fingerprint density at radius 1 is 1.36 bits per heavy atom. The van der Waals surface area contributed by atoms with E-state index in [0.717, 1.165) is 5.56 Å². The van der Waals surface area contributed by atoms with Gasteiger partial charge in [0.05, 0.1) is 19.1 Å². The molecule has 3 amide bonds. The van der Waals surface area contributed by atoms with Gasteiger partial charge in [-0.2, -0.15) is 0 Å². The van der Waals surface area contributed by atoms with Crippen LogP contribution in [0.3, 0.4) is 0 Å². The quantitative estimate of drug-likeness (QED) is 0.561. The maximum Gasteiger partial charge on any atom is 0.319 e. The summed E-state index contributed by atoms with van der Waals surface area (Å²) in [6, 6.07) is 6.60. The number of ether oxygens (including phenoxy) is 1. The molecular formula is C15H23N3O4. The van der Waals surface area contributed by atoms with Crippen molar-refractivity contribution in [3.8, 4) is 0 Å². The predicted molar refractivity (Wildman–Crippen MR) is 83.7 cm³/mol. The molecule has 0 bridgehead atoms. The molecule has 0 heterocycles. The number of hydrogen-bond donors (Lipinski definition) is 4.